The second-order valence-corrected chi connectivity index (χ2v) is 8.99. The Morgan fingerprint density at radius 3 is 2.54 bits per heavy atom. The topological polar surface area (TPSA) is 42.7 Å². The Morgan fingerprint density at radius 1 is 1.07 bits per heavy atom. The molecule has 5 heteroatoms. The Bertz CT molecular complexity index is 929. The molecule has 0 spiro atoms. The SMILES string of the molecule is COC1(CS(=O)c2ccccc2)CCN(CCc2coc3ccccc23)CC1. The van der Waals surface area contributed by atoms with Crippen molar-refractivity contribution in [2.75, 3.05) is 32.5 Å². The first-order valence-electron chi connectivity index (χ1n) is 9.85. The van der Waals surface area contributed by atoms with Gasteiger partial charge in [0.05, 0.1) is 28.4 Å². The second-order valence-electron chi connectivity index (χ2n) is 7.54. The molecule has 1 saturated heterocycles. The molecule has 0 amide bonds. The number of ether oxygens (including phenoxy) is 1. The minimum atomic E-state index is -1.03. The summed E-state index contributed by atoms with van der Waals surface area (Å²) in [5.74, 6) is 0.563. The molecule has 2 aromatic carbocycles. The number of furan rings is 1. The minimum Gasteiger partial charge on any atom is -0.464 e. The van der Waals surface area contributed by atoms with Gasteiger partial charge in [0.15, 0.2) is 0 Å². The third kappa shape index (κ3) is 4.22. The highest BCUT2D eigenvalue weighted by Gasteiger charge is 2.36. The molecule has 1 fully saturated rings. The van der Waals surface area contributed by atoms with Crippen molar-refractivity contribution in [3.63, 3.8) is 0 Å². The molecule has 0 radical (unpaired) electrons. The van der Waals surface area contributed by atoms with Gasteiger partial charge in [-0.3, -0.25) is 4.21 Å². The number of piperidine rings is 1. The summed E-state index contributed by atoms with van der Waals surface area (Å²) < 4.78 is 24.3. The third-order valence-corrected chi connectivity index (χ3v) is 7.45. The van der Waals surface area contributed by atoms with Crippen LogP contribution in [0, 0.1) is 0 Å². The molecule has 3 aromatic rings. The summed E-state index contributed by atoms with van der Waals surface area (Å²) in [6.45, 7) is 2.94. The van der Waals surface area contributed by atoms with E-state index in [0.717, 1.165) is 49.4 Å². The van der Waals surface area contributed by atoms with Crippen LogP contribution in [0.2, 0.25) is 0 Å². The zero-order valence-electron chi connectivity index (χ0n) is 16.3. The molecule has 1 aliphatic heterocycles. The summed E-state index contributed by atoms with van der Waals surface area (Å²) in [6, 6.07) is 17.9. The average Bonchev–Trinajstić information content (AvgIpc) is 3.17. The standard InChI is InChI=1S/C23H27NO3S/c1-26-23(18-28(25)20-7-3-2-4-8-20)12-15-24(16-13-23)14-11-19-17-27-22-10-6-5-9-21(19)22/h2-10,17H,11-16,18H2,1H3. The molecule has 148 valence electrons. The van der Waals surface area contributed by atoms with Crippen LogP contribution >= 0.6 is 0 Å². The highest BCUT2D eigenvalue weighted by Crippen LogP contribution is 2.29. The molecule has 0 N–H and O–H groups in total. The van der Waals surface area contributed by atoms with Crippen molar-refractivity contribution in [2.24, 2.45) is 0 Å². The van der Waals surface area contributed by atoms with Crippen LogP contribution in [0.25, 0.3) is 11.0 Å². The number of hydrogen-bond acceptors (Lipinski definition) is 4. The number of hydrogen-bond donors (Lipinski definition) is 0. The maximum atomic E-state index is 12.8. The lowest BCUT2D eigenvalue weighted by Crippen LogP contribution is -2.49. The molecule has 0 bridgehead atoms. The quantitative estimate of drug-likeness (QED) is 0.597. The van der Waals surface area contributed by atoms with E-state index in [4.69, 9.17) is 9.15 Å². The van der Waals surface area contributed by atoms with Crippen LogP contribution in [0.3, 0.4) is 0 Å². The maximum Gasteiger partial charge on any atom is 0.134 e. The summed E-state index contributed by atoms with van der Waals surface area (Å²) >= 11 is 0. The highest BCUT2D eigenvalue weighted by atomic mass is 32.2. The van der Waals surface area contributed by atoms with E-state index in [0.29, 0.717) is 5.75 Å². The number of benzene rings is 2. The van der Waals surface area contributed by atoms with Gasteiger partial charge in [0.25, 0.3) is 0 Å². The van der Waals surface area contributed by atoms with Crippen LogP contribution in [0.1, 0.15) is 18.4 Å². The monoisotopic (exact) mass is 397 g/mol. The van der Waals surface area contributed by atoms with Crippen LogP contribution in [-0.2, 0) is 22.0 Å². The van der Waals surface area contributed by atoms with Crippen molar-refractivity contribution in [3.8, 4) is 0 Å². The van der Waals surface area contributed by atoms with E-state index in [-0.39, 0.29) is 5.60 Å². The minimum absolute atomic E-state index is 0.292. The fourth-order valence-electron chi connectivity index (χ4n) is 3.99. The molecule has 4 nitrogen and oxygen atoms in total. The zero-order valence-corrected chi connectivity index (χ0v) is 17.1. The first kappa shape index (κ1) is 19.4. The Labute approximate surface area is 168 Å². The fraction of sp³-hybridized carbons (Fsp3) is 0.391. The van der Waals surface area contributed by atoms with Gasteiger partial charge in [0.1, 0.15) is 5.58 Å². The van der Waals surface area contributed by atoms with Gasteiger partial charge in [-0.05, 0) is 43.0 Å². The third-order valence-electron chi connectivity index (χ3n) is 5.86. The molecule has 1 aromatic heterocycles. The van der Waals surface area contributed by atoms with Crippen molar-refractivity contribution in [1.29, 1.82) is 0 Å². The predicted octanol–water partition coefficient (Wildman–Crippen LogP) is 4.26. The lowest BCUT2D eigenvalue weighted by Gasteiger charge is -2.40. The molecule has 1 aliphatic rings. The number of fused-ring (bicyclic) bond motifs is 1. The molecule has 2 heterocycles. The highest BCUT2D eigenvalue weighted by molar-refractivity contribution is 7.85. The van der Waals surface area contributed by atoms with Gasteiger partial charge in [-0.25, -0.2) is 0 Å². The van der Waals surface area contributed by atoms with Crippen LogP contribution in [0.5, 0.6) is 0 Å². The molecule has 1 unspecified atom stereocenters. The van der Waals surface area contributed by atoms with E-state index in [1.165, 1.54) is 10.9 Å². The van der Waals surface area contributed by atoms with Gasteiger partial charge < -0.3 is 14.1 Å². The van der Waals surface area contributed by atoms with E-state index >= 15 is 0 Å². The lowest BCUT2D eigenvalue weighted by molar-refractivity contribution is -0.0391. The van der Waals surface area contributed by atoms with Gasteiger partial charge in [0.2, 0.25) is 0 Å². The van der Waals surface area contributed by atoms with Gasteiger partial charge in [-0.2, -0.15) is 0 Å². The fourth-order valence-corrected chi connectivity index (χ4v) is 5.50. The van der Waals surface area contributed by atoms with Crippen LogP contribution in [0.4, 0.5) is 0 Å². The van der Waals surface area contributed by atoms with Crippen LogP contribution in [-0.4, -0.2) is 47.2 Å². The van der Waals surface area contributed by atoms with Gasteiger partial charge in [-0.15, -0.1) is 0 Å². The summed E-state index contributed by atoms with van der Waals surface area (Å²) in [4.78, 5) is 3.36. The smallest absolute Gasteiger partial charge is 0.134 e. The molecule has 0 saturated carbocycles. The van der Waals surface area contributed by atoms with Crippen LogP contribution in [0.15, 0.2) is 70.2 Å². The Kier molecular flexibility index (Phi) is 5.95. The van der Waals surface area contributed by atoms with Gasteiger partial charge in [-0.1, -0.05) is 36.4 Å². The number of nitrogens with zero attached hydrogens (tertiary/aromatic N) is 1. The van der Waals surface area contributed by atoms with E-state index in [9.17, 15) is 4.21 Å². The van der Waals surface area contributed by atoms with E-state index < -0.39 is 10.8 Å². The Morgan fingerprint density at radius 2 is 1.79 bits per heavy atom. The molecular weight excluding hydrogens is 370 g/mol. The molecule has 28 heavy (non-hydrogen) atoms. The van der Waals surface area contributed by atoms with Crippen molar-refractivity contribution < 1.29 is 13.4 Å². The van der Waals surface area contributed by atoms with Crippen molar-refractivity contribution >= 4 is 21.8 Å². The average molecular weight is 398 g/mol. The van der Waals surface area contributed by atoms with Gasteiger partial charge >= 0.3 is 0 Å². The molecule has 0 aliphatic carbocycles. The Balaban J connectivity index is 1.33. The Hall–Kier alpha value is -1.95. The largest absolute Gasteiger partial charge is 0.464 e. The molecular formula is C23H27NO3S. The van der Waals surface area contributed by atoms with E-state index in [1.807, 2.05) is 48.7 Å². The zero-order chi connectivity index (χ0) is 19.4. The van der Waals surface area contributed by atoms with Crippen LogP contribution < -0.4 is 0 Å². The van der Waals surface area contributed by atoms with E-state index in [1.54, 1.807) is 7.11 Å². The first-order valence-corrected chi connectivity index (χ1v) is 11.2. The number of likely N-dealkylation sites (tertiary alicyclic amines) is 1. The molecule has 1 atom stereocenters. The maximum absolute atomic E-state index is 12.8. The van der Waals surface area contributed by atoms with Crippen molar-refractivity contribution in [2.45, 2.75) is 29.8 Å². The normalized spacial score (nSPS) is 18.3. The van der Waals surface area contributed by atoms with Crippen molar-refractivity contribution in [1.82, 2.24) is 4.90 Å². The number of rotatable bonds is 7. The first-order chi connectivity index (χ1) is 13.7. The number of methoxy groups -OCH3 is 1. The van der Waals surface area contributed by atoms with E-state index in [2.05, 4.69) is 17.0 Å². The molecule has 4 rings (SSSR count). The summed E-state index contributed by atoms with van der Waals surface area (Å²) in [5.41, 5.74) is 1.93. The predicted molar refractivity (Wildman–Crippen MR) is 113 cm³/mol. The summed E-state index contributed by atoms with van der Waals surface area (Å²) in [5, 5.41) is 1.21. The summed E-state index contributed by atoms with van der Waals surface area (Å²) in [6.07, 6.45) is 4.69. The number of para-hydroxylation sites is 1. The second kappa shape index (κ2) is 8.60. The summed E-state index contributed by atoms with van der Waals surface area (Å²) in [7, 11) is 0.728. The lowest BCUT2D eigenvalue weighted by atomic mass is 9.93. The van der Waals surface area contributed by atoms with Gasteiger partial charge in [0, 0.05) is 37.0 Å². The van der Waals surface area contributed by atoms with Crippen molar-refractivity contribution in [3.05, 3.63) is 66.4 Å².